The average Bonchev–Trinajstić information content (AvgIpc) is 2.78. The molecule has 0 unspecified atom stereocenters. The summed E-state index contributed by atoms with van der Waals surface area (Å²) in [5, 5.41) is 9.22. The van der Waals surface area contributed by atoms with E-state index in [0.29, 0.717) is 12.2 Å². The number of anilines is 1. The quantitative estimate of drug-likeness (QED) is 0.889. The van der Waals surface area contributed by atoms with Crippen LogP contribution in [0.4, 0.5) is 10.1 Å². The molecule has 3 rings (SSSR count). The van der Waals surface area contributed by atoms with Crippen LogP contribution in [0.5, 0.6) is 0 Å². The minimum atomic E-state index is -1.08. The van der Waals surface area contributed by atoms with Gasteiger partial charge in [-0.3, -0.25) is 4.79 Å². The lowest BCUT2D eigenvalue weighted by atomic mass is 9.86. The number of carboxylic acid groups (broad SMARTS) is 1. The van der Waals surface area contributed by atoms with E-state index in [1.165, 1.54) is 35.2 Å². The number of hydrogen-bond acceptors (Lipinski definition) is 2. The van der Waals surface area contributed by atoms with Crippen molar-refractivity contribution in [1.29, 1.82) is 0 Å². The van der Waals surface area contributed by atoms with Crippen molar-refractivity contribution in [3.63, 3.8) is 0 Å². The van der Waals surface area contributed by atoms with Gasteiger partial charge in [-0.2, -0.15) is 0 Å². The topological polar surface area (TPSA) is 57.6 Å². The third-order valence-electron chi connectivity index (χ3n) is 4.24. The van der Waals surface area contributed by atoms with Crippen molar-refractivity contribution in [2.75, 3.05) is 11.4 Å². The van der Waals surface area contributed by atoms with E-state index in [4.69, 9.17) is 11.6 Å². The third kappa shape index (κ3) is 2.55. The monoisotopic (exact) mass is 347 g/mol. The molecule has 2 aromatic rings. The molecule has 0 aromatic heterocycles. The zero-order valence-corrected chi connectivity index (χ0v) is 13.9. The van der Waals surface area contributed by atoms with Gasteiger partial charge in [-0.15, -0.1) is 0 Å². The highest BCUT2D eigenvalue weighted by Crippen LogP contribution is 2.42. The number of benzene rings is 2. The summed E-state index contributed by atoms with van der Waals surface area (Å²) in [5.41, 5.74) is 0.810. The van der Waals surface area contributed by atoms with Gasteiger partial charge in [0.15, 0.2) is 0 Å². The van der Waals surface area contributed by atoms with Gasteiger partial charge in [0.25, 0.3) is 5.91 Å². The Bertz CT molecular complexity index is 843. The fraction of sp³-hybridized carbons (Fsp3) is 0.222. The Kier molecular flexibility index (Phi) is 3.84. The predicted octanol–water partition coefficient (Wildman–Crippen LogP) is 4.12. The highest BCUT2D eigenvalue weighted by molar-refractivity contribution is 6.34. The minimum Gasteiger partial charge on any atom is -0.478 e. The van der Waals surface area contributed by atoms with Crippen molar-refractivity contribution in [2.45, 2.75) is 19.3 Å². The largest absolute Gasteiger partial charge is 0.478 e. The molecule has 1 aliphatic rings. The highest BCUT2D eigenvalue weighted by atomic mass is 35.5. The summed E-state index contributed by atoms with van der Waals surface area (Å²) < 4.78 is 14.1. The number of hydrogen-bond donors (Lipinski definition) is 1. The van der Waals surface area contributed by atoms with Crippen LogP contribution in [0.2, 0.25) is 5.02 Å². The minimum absolute atomic E-state index is 0.0284. The Morgan fingerprint density at radius 3 is 2.58 bits per heavy atom. The SMILES string of the molecule is CC1(C)CN(C(=O)c2c(F)cccc2Cl)c2cc(C(=O)O)ccc21. The summed E-state index contributed by atoms with van der Waals surface area (Å²) in [6, 6.07) is 8.71. The van der Waals surface area contributed by atoms with Crippen molar-refractivity contribution < 1.29 is 19.1 Å². The van der Waals surface area contributed by atoms with E-state index in [-0.39, 0.29) is 21.6 Å². The van der Waals surface area contributed by atoms with Gasteiger partial charge in [0.1, 0.15) is 5.82 Å². The van der Waals surface area contributed by atoms with E-state index in [0.717, 1.165) is 5.56 Å². The second-order valence-corrected chi connectivity index (χ2v) is 6.82. The molecule has 0 spiro atoms. The van der Waals surface area contributed by atoms with Gasteiger partial charge in [0.2, 0.25) is 0 Å². The normalized spacial score (nSPS) is 15.2. The number of aromatic carboxylic acids is 1. The van der Waals surface area contributed by atoms with Crippen molar-refractivity contribution in [2.24, 2.45) is 0 Å². The van der Waals surface area contributed by atoms with Gasteiger partial charge in [0, 0.05) is 17.6 Å². The van der Waals surface area contributed by atoms with Gasteiger partial charge >= 0.3 is 5.97 Å². The van der Waals surface area contributed by atoms with Crippen molar-refractivity contribution in [3.8, 4) is 0 Å². The molecule has 4 nitrogen and oxygen atoms in total. The number of carbonyl (C=O) groups excluding carboxylic acids is 1. The van der Waals surface area contributed by atoms with Crippen LogP contribution in [0, 0.1) is 5.82 Å². The molecule has 0 aliphatic carbocycles. The van der Waals surface area contributed by atoms with Crippen LogP contribution in [0.15, 0.2) is 36.4 Å². The Morgan fingerprint density at radius 2 is 1.96 bits per heavy atom. The van der Waals surface area contributed by atoms with Gasteiger partial charge in [-0.05, 0) is 29.8 Å². The maximum atomic E-state index is 14.1. The van der Waals surface area contributed by atoms with E-state index in [1.54, 1.807) is 6.07 Å². The smallest absolute Gasteiger partial charge is 0.335 e. The van der Waals surface area contributed by atoms with Gasteiger partial charge < -0.3 is 10.0 Å². The summed E-state index contributed by atoms with van der Waals surface area (Å²) in [7, 11) is 0. The van der Waals surface area contributed by atoms with E-state index < -0.39 is 17.7 Å². The first-order chi connectivity index (χ1) is 11.2. The molecule has 1 N–H and O–H groups in total. The Morgan fingerprint density at radius 1 is 1.25 bits per heavy atom. The molecule has 0 saturated carbocycles. The molecule has 124 valence electrons. The summed E-state index contributed by atoms with van der Waals surface area (Å²) in [6.07, 6.45) is 0. The number of halogens is 2. The second-order valence-electron chi connectivity index (χ2n) is 6.41. The Labute approximate surface area is 143 Å². The van der Waals surface area contributed by atoms with Crippen molar-refractivity contribution in [1.82, 2.24) is 0 Å². The Hall–Kier alpha value is -2.40. The van der Waals surface area contributed by atoms with Crippen LogP contribution in [-0.2, 0) is 5.41 Å². The van der Waals surface area contributed by atoms with Gasteiger partial charge in [-0.25, -0.2) is 9.18 Å². The fourth-order valence-corrected chi connectivity index (χ4v) is 3.29. The van der Waals surface area contributed by atoms with E-state index in [2.05, 4.69) is 0 Å². The number of rotatable bonds is 2. The molecule has 24 heavy (non-hydrogen) atoms. The molecule has 0 saturated heterocycles. The number of fused-ring (bicyclic) bond motifs is 1. The molecule has 0 fully saturated rings. The molecule has 1 heterocycles. The molecular formula is C18H15ClFNO3. The first kappa shape index (κ1) is 16.5. The number of carbonyl (C=O) groups is 2. The summed E-state index contributed by atoms with van der Waals surface area (Å²) in [6.45, 7) is 4.21. The molecule has 1 aliphatic heterocycles. The maximum absolute atomic E-state index is 14.1. The number of amides is 1. The molecule has 0 radical (unpaired) electrons. The Balaban J connectivity index is 2.13. The molecule has 6 heteroatoms. The van der Waals surface area contributed by atoms with Crippen LogP contribution in [0.1, 0.15) is 40.1 Å². The molecule has 0 atom stereocenters. The van der Waals surface area contributed by atoms with Crippen LogP contribution in [0.3, 0.4) is 0 Å². The summed E-state index contributed by atoms with van der Waals surface area (Å²) in [4.78, 5) is 25.5. The van der Waals surface area contributed by atoms with Gasteiger partial charge in [0.05, 0.1) is 16.1 Å². The number of nitrogens with zero attached hydrogens (tertiary/aromatic N) is 1. The standard InChI is InChI=1S/C18H15ClFNO3/c1-18(2)9-21(14-8-10(17(23)24)6-7-11(14)18)16(22)15-12(19)4-3-5-13(15)20/h3-8H,9H2,1-2H3,(H,23,24). The predicted molar refractivity (Wildman–Crippen MR) is 89.5 cm³/mol. The summed E-state index contributed by atoms with van der Waals surface area (Å²) in [5.74, 6) is -2.36. The average molecular weight is 348 g/mol. The highest BCUT2D eigenvalue weighted by Gasteiger charge is 2.39. The molecular weight excluding hydrogens is 333 g/mol. The van der Waals surface area contributed by atoms with Crippen LogP contribution in [0.25, 0.3) is 0 Å². The van der Waals surface area contributed by atoms with Crippen LogP contribution in [-0.4, -0.2) is 23.5 Å². The molecule has 1 amide bonds. The number of carboxylic acids is 1. The first-order valence-electron chi connectivity index (χ1n) is 7.36. The first-order valence-corrected chi connectivity index (χ1v) is 7.74. The maximum Gasteiger partial charge on any atom is 0.335 e. The molecule has 0 bridgehead atoms. The van der Waals surface area contributed by atoms with E-state index >= 15 is 0 Å². The molecule has 2 aromatic carbocycles. The lowest BCUT2D eigenvalue weighted by molar-refractivity contribution is 0.0696. The van der Waals surface area contributed by atoms with Gasteiger partial charge in [-0.1, -0.05) is 37.6 Å². The lowest BCUT2D eigenvalue weighted by Crippen LogP contribution is -2.34. The van der Waals surface area contributed by atoms with Crippen LogP contribution >= 0.6 is 11.6 Å². The lowest BCUT2D eigenvalue weighted by Gasteiger charge is -2.21. The van der Waals surface area contributed by atoms with E-state index in [1.807, 2.05) is 13.8 Å². The third-order valence-corrected chi connectivity index (χ3v) is 4.55. The summed E-state index contributed by atoms with van der Waals surface area (Å²) >= 11 is 6.00. The fourth-order valence-electron chi connectivity index (χ4n) is 3.04. The van der Waals surface area contributed by atoms with Crippen LogP contribution < -0.4 is 4.90 Å². The zero-order chi connectivity index (χ0) is 17.6. The second kappa shape index (κ2) is 5.60. The van der Waals surface area contributed by atoms with Crippen molar-refractivity contribution in [3.05, 3.63) is 63.9 Å². The van der Waals surface area contributed by atoms with Crippen molar-refractivity contribution >= 4 is 29.2 Å². The van der Waals surface area contributed by atoms with E-state index in [9.17, 15) is 19.1 Å². The zero-order valence-electron chi connectivity index (χ0n) is 13.1.